The molecule has 0 aliphatic carbocycles. The summed E-state index contributed by atoms with van der Waals surface area (Å²) in [5.74, 6) is 1.82. The lowest BCUT2D eigenvalue weighted by Gasteiger charge is -2.36. The largest absolute Gasteiger partial charge is 0.490 e. The van der Waals surface area contributed by atoms with Gasteiger partial charge in [-0.05, 0) is 76.0 Å². The molecule has 3 heterocycles. The van der Waals surface area contributed by atoms with Gasteiger partial charge < -0.3 is 24.2 Å². The molecular formula is C28H41N3O5. The van der Waals surface area contributed by atoms with Crippen LogP contribution in [0.2, 0.25) is 0 Å². The van der Waals surface area contributed by atoms with Gasteiger partial charge in [0.25, 0.3) is 11.8 Å². The van der Waals surface area contributed by atoms with Crippen LogP contribution in [0.1, 0.15) is 69.2 Å². The van der Waals surface area contributed by atoms with E-state index in [9.17, 15) is 14.4 Å². The van der Waals surface area contributed by atoms with Crippen LogP contribution >= 0.6 is 0 Å². The molecule has 36 heavy (non-hydrogen) atoms. The fraction of sp³-hybridized carbons (Fsp3) is 0.679. The topological polar surface area (TPSA) is 79.4 Å². The molecule has 0 radical (unpaired) electrons. The predicted octanol–water partition coefficient (Wildman–Crippen LogP) is 3.59. The number of ether oxygens (including phenoxy) is 2. The highest BCUT2D eigenvalue weighted by Gasteiger charge is 2.32. The maximum absolute atomic E-state index is 13.2. The normalized spacial score (nSPS) is 19.8. The zero-order valence-electron chi connectivity index (χ0n) is 21.9. The van der Waals surface area contributed by atoms with Gasteiger partial charge >= 0.3 is 0 Å². The maximum Gasteiger partial charge on any atom is 0.260 e. The van der Waals surface area contributed by atoms with Crippen LogP contribution < -0.4 is 9.47 Å². The smallest absolute Gasteiger partial charge is 0.260 e. The van der Waals surface area contributed by atoms with Gasteiger partial charge in [-0.1, -0.05) is 6.92 Å². The Hall–Kier alpha value is -2.77. The summed E-state index contributed by atoms with van der Waals surface area (Å²) in [6.45, 7) is 8.95. The Morgan fingerprint density at radius 1 is 0.806 bits per heavy atom. The summed E-state index contributed by atoms with van der Waals surface area (Å²) in [5, 5.41) is 0. The molecule has 3 aliphatic rings. The molecule has 4 rings (SSSR count). The number of hydrogen-bond acceptors (Lipinski definition) is 5. The maximum atomic E-state index is 13.2. The quantitative estimate of drug-likeness (QED) is 0.573. The van der Waals surface area contributed by atoms with Crippen molar-refractivity contribution in [1.29, 1.82) is 0 Å². The van der Waals surface area contributed by atoms with Crippen LogP contribution in [0.25, 0.3) is 0 Å². The van der Waals surface area contributed by atoms with Crippen molar-refractivity contribution in [3.05, 3.63) is 23.8 Å². The lowest BCUT2D eigenvalue weighted by molar-refractivity contribution is -0.138. The van der Waals surface area contributed by atoms with E-state index in [1.807, 2.05) is 21.6 Å². The molecule has 8 nitrogen and oxygen atoms in total. The average Bonchev–Trinajstić information content (AvgIpc) is 2.92. The number of carbonyl (C=O) groups excluding carboxylic acids is 3. The fourth-order valence-corrected chi connectivity index (χ4v) is 5.40. The Labute approximate surface area is 214 Å². The van der Waals surface area contributed by atoms with E-state index in [1.165, 1.54) is 6.42 Å². The van der Waals surface area contributed by atoms with E-state index in [-0.39, 0.29) is 30.2 Å². The molecule has 0 atom stereocenters. The monoisotopic (exact) mass is 499 g/mol. The summed E-state index contributed by atoms with van der Waals surface area (Å²) in [5.41, 5.74) is 0.531. The van der Waals surface area contributed by atoms with E-state index in [2.05, 4.69) is 6.92 Å². The Morgan fingerprint density at radius 2 is 1.47 bits per heavy atom. The van der Waals surface area contributed by atoms with Gasteiger partial charge in [0.05, 0.1) is 6.61 Å². The van der Waals surface area contributed by atoms with E-state index in [4.69, 9.17) is 9.47 Å². The summed E-state index contributed by atoms with van der Waals surface area (Å²) in [4.78, 5) is 44.3. The number of rotatable bonds is 7. The summed E-state index contributed by atoms with van der Waals surface area (Å²) in [7, 11) is 0. The van der Waals surface area contributed by atoms with Gasteiger partial charge in [0.2, 0.25) is 5.91 Å². The van der Waals surface area contributed by atoms with Gasteiger partial charge in [-0.15, -0.1) is 0 Å². The van der Waals surface area contributed by atoms with E-state index in [0.29, 0.717) is 55.5 Å². The van der Waals surface area contributed by atoms with Gasteiger partial charge in [-0.2, -0.15) is 0 Å². The number of benzene rings is 1. The van der Waals surface area contributed by atoms with E-state index in [1.54, 1.807) is 18.2 Å². The van der Waals surface area contributed by atoms with Crippen LogP contribution in [-0.4, -0.2) is 84.9 Å². The summed E-state index contributed by atoms with van der Waals surface area (Å²) in [6.07, 6.45) is 6.81. The first-order chi connectivity index (χ1) is 17.5. The highest BCUT2D eigenvalue weighted by Crippen LogP contribution is 2.30. The van der Waals surface area contributed by atoms with Crippen LogP contribution in [0.4, 0.5) is 0 Å². The molecule has 0 unspecified atom stereocenters. The van der Waals surface area contributed by atoms with E-state index in [0.717, 1.165) is 51.9 Å². The van der Waals surface area contributed by atoms with Crippen LogP contribution in [0.3, 0.4) is 0 Å². The second kappa shape index (κ2) is 12.5. The van der Waals surface area contributed by atoms with Gasteiger partial charge in [-0.3, -0.25) is 14.4 Å². The fourth-order valence-electron chi connectivity index (χ4n) is 5.40. The minimum atomic E-state index is -0.0652. The van der Waals surface area contributed by atoms with E-state index >= 15 is 0 Å². The lowest BCUT2D eigenvalue weighted by Crippen LogP contribution is -2.46. The Kier molecular flexibility index (Phi) is 9.10. The van der Waals surface area contributed by atoms with Crippen molar-refractivity contribution in [2.24, 2.45) is 11.8 Å². The molecule has 0 bridgehead atoms. The Morgan fingerprint density at radius 3 is 2.14 bits per heavy atom. The van der Waals surface area contributed by atoms with Crippen LogP contribution in [0, 0.1) is 11.8 Å². The second-order valence-electron chi connectivity index (χ2n) is 10.4. The van der Waals surface area contributed by atoms with Crippen molar-refractivity contribution >= 4 is 17.7 Å². The third kappa shape index (κ3) is 6.51. The highest BCUT2D eigenvalue weighted by molar-refractivity contribution is 5.95. The first-order valence-corrected chi connectivity index (χ1v) is 13.7. The third-order valence-corrected chi connectivity index (χ3v) is 7.78. The summed E-state index contributed by atoms with van der Waals surface area (Å²) < 4.78 is 11.6. The van der Waals surface area contributed by atoms with Crippen molar-refractivity contribution in [3.63, 3.8) is 0 Å². The van der Waals surface area contributed by atoms with Gasteiger partial charge in [0.1, 0.15) is 0 Å². The molecule has 1 aromatic carbocycles. The van der Waals surface area contributed by atoms with Crippen LogP contribution in [0.5, 0.6) is 11.5 Å². The molecule has 1 aromatic rings. The van der Waals surface area contributed by atoms with E-state index < -0.39 is 0 Å². The SMILES string of the molecule is CCOc1cc(C(=O)N2CCC(C(=O)N3CCC(C)CC3)CC2)ccc1OCC(=O)N1CCCCC1. The standard InChI is InChI=1S/C28H41N3O5/c1-3-35-25-19-23(7-8-24(25)36-20-26(32)29-13-5-4-6-14-29)28(34)31-17-11-22(12-18-31)27(33)30-15-9-21(2)10-16-30/h7-8,19,21-22H,3-6,9-18,20H2,1-2H3. The molecule has 3 amide bonds. The molecule has 198 valence electrons. The van der Waals surface area contributed by atoms with Crippen molar-refractivity contribution in [2.75, 3.05) is 52.5 Å². The van der Waals surface area contributed by atoms with Crippen molar-refractivity contribution in [2.45, 2.75) is 58.8 Å². The summed E-state index contributed by atoms with van der Waals surface area (Å²) in [6, 6.07) is 5.16. The molecule has 8 heteroatoms. The zero-order valence-corrected chi connectivity index (χ0v) is 21.9. The second-order valence-corrected chi connectivity index (χ2v) is 10.4. The number of amides is 3. The molecule has 3 aliphatic heterocycles. The van der Waals surface area contributed by atoms with Gasteiger partial charge in [-0.25, -0.2) is 0 Å². The minimum absolute atomic E-state index is 0.00894. The molecular weight excluding hydrogens is 458 g/mol. The van der Waals surface area contributed by atoms with Crippen molar-refractivity contribution in [3.8, 4) is 11.5 Å². The van der Waals surface area contributed by atoms with Crippen LogP contribution in [-0.2, 0) is 9.59 Å². The molecule has 0 N–H and O–H groups in total. The minimum Gasteiger partial charge on any atom is -0.490 e. The first-order valence-electron chi connectivity index (χ1n) is 13.7. The number of hydrogen-bond donors (Lipinski definition) is 0. The van der Waals surface area contributed by atoms with Gasteiger partial charge in [0, 0.05) is 50.7 Å². The first kappa shape index (κ1) is 26.3. The molecule has 0 saturated carbocycles. The molecule has 0 aromatic heterocycles. The number of carbonyl (C=O) groups is 3. The van der Waals surface area contributed by atoms with Crippen molar-refractivity contribution in [1.82, 2.24) is 14.7 Å². The number of piperidine rings is 3. The lowest BCUT2D eigenvalue weighted by atomic mass is 9.92. The zero-order chi connectivity index (χ0) is 25.5. The number of likely N-dealkylation sites (tertiary alicyclic amines) is 3. The third-order valence-electron chi connectivity index (χ3n) is 7.78. The number of nitrogens with zero attached hydrogens (tertiary/aromatic N) is 3. The molecule has 3 fully saturated rings. The highest BCUT2D eigenvalue weighted by atomic mass is 16.5. The average molecular weight is 500 g/mol. The van der Waals surface area contributed by atoms with Crippen LogP contribution in [0.15, 0.2) is 18.2 Å². The predicted molar refractivity (Wildman–Crippen MR) is 137 cm³/mol. The summed E-state index contributed by atoms with van der Waals surface area (Å²) >= 11 is 0. The Bertz CT molecular complexity index is 914. The van der Waals surface area contributed by atoms with Crippen molar-refractivity contribution < 1.29 is 23.9 Å². The molecule has 0 spiro atoms. The van der Waals surface area contributed by atoms with Gasteiger partial charge in [0.15, 0.2) is 18.1 Å². The Balaban J connectivity index is 1.32. The molecule has 3 saturated heterocycles.